The van der Waals surface area contributed by atoms with E-state index in [9.17, 15) is 0 Å². The van der Waals surface area contributed by atoms with Crippen molar-refractivity contribution in [1.82, 2.24) is 0 Å². The summed E-state index contributed by atoms with van der Waals surface area (Å²) in [6, 6.07) is 7.34. The van der Waals surface area contributed by atoms with Crippen LogP contribution in [0.2, 0.25) is 0 Å². The average Bonchev–Trinajstić information content (AvgIpc) is 2.23. The van der Waals surface area contributed by atoms with E-state index in [2.05, 4.69) is 63.3 Å². The molecule has 0 saturated heterocycles. The first kappa shape index (κ1) is 13.3. The topological polar surface area (TPSA) is 15.3 Å². The van der Waals surface area contributed by atoms with Gasteiger partial charge in [0.2, 0.25) is 0 Å². The summed E-state index contributed by atoms with van der Waals surface area (Å²) >= 11 is 0. The van der Waals surface area contributed by atoms with Crippen molar-refractivity contribution in [1.29, 1.82) is 0 Å². The Labute approximate surface area is 111 Å². The molecular formula is C16H26N2. The lowest BCUT2D eigenvalue weighted by atomic mass is 9.73. The van der Waals surface area contributed by atoms with Crippen LogP contribution in [0, 0.1) is 18.8 Å². The summed E-state index contributed by atoms with van der Waals surface area (Å²) in [7, 11) is 4.20. The van der Waals surface area contributed by atoms with E-state index in [-0.39, 0.29) is 0 Å². The monoisotopic (exact) mass is 246 g/mol. The van der Waals surface area contributed by atoms with Gasteiger partial charge in [-0.05, 0) is 49.3 Å². The van der Waals surface area contributed by atoms with E-state index in [1.165, 1.54) is 29.8 Å². The summed E-state index contributed by atoms with van der Waals surface area (Å²) in [5.74, 6) is 1.75. The molecule has 2 heteroatoms. The van der Waals surface area contributed by atoms with Gasteiger partial charge in [0.1, 0.15) is 0 Å². The average molecular weight is 246 g/mol. The van der Waals surface area contributed by atoms with E-state index in [0.717, 1.165) is 11.8 Å². The Morgan fingerprint density at radius 2 is 1.89 bits per heavy atom. The van der Waals surface area contributed by atoms with Gasteiger partial charge in [-0.1, -0.05) is 19.9 Å². The maximum absolute atomic E-state index is 3.66. The molecule has 1 aliphatic rings. The highest BCUT2D eigenvalue weighted by atomic mass is 15.1. The lowest BCUT2D eigenvalue weighted by Crippen LogP contribution is -2.37. The standard InChI is InChI=1S/C16H26N2/c1-11(2)13-8-15(9-13)17-14-7-6-12(3)16(10-14)18(4)5/h6-7,10-11,13,15,17H,8-9H2,1-5H3. The Morgan fingerprint density at radius 1 is 1.22 bits per heavy atom. The molecule has 2 nitrogen and oxygen atoms in total. The van der Waals surface area contributed by atoms with Crippen LogP contribution in [0.4, 0.5) is 11.4 Å². The Bertz CT molecular complexity index is 404. The van der Waals surface area contributed by atoms with E-state index in [0.29, 0.717) is 6.04 Å². The third-order valence-electron chi connectivity index (χ3n) is 4.18. The van der Waals surface area contributed by atoms with Gasteiger partial charge in [0.25, 0.3) is 0 Å². The number of aryl methyl sites for hydroxylation is 1. The molecule has 0 bridgehead atoms. The van der Waals surface area contributed by atoms with Gasteiger partial charge in [0.15, 0.2) is 0 Å². The molecule has 0 aromatic heterocycles. The number of hydrogen-bond donors (Lipinski definition) is 1. The van der Waals surface area contributed by atoms with Gasteiger partial charge < -0.3 is 10.2 Å². The van der Waals surface area contributed by atoms with Gasteiger partial charge in [0, 0.05) is 31.5 Å². The summed E-state index contributed by atoms with van der Waals surface area (Å²) in [6.07, 6.45) is 2.64. The third kappa shape index (κ3) is 2.80. The fourth-order valence-corrected chi connectivity index (χ4v) is 2.74. The molecule has 1 N–H and O–H groups in total. The van der Waals surface area contributed by atoms with Crippen LogP contribution >= 0.6 is 0 Å². The van der Waals surface area contributed by atoms with E-state index < -0.39 is 0 Å². The quantitative estimate of drug-likeness (QED) is 0.866. The Kier molecular flexibility index (Phi) is 3.84. The normalized spacial score (nSPS) is 22.8. The largest absolute Gasteiger partial charge is 0.382 e. The molecule has 0 aliphatic heterocycles. The van der Waals surface area contributed by atoms with Crippen molar-refractivity contribution in [3.05, 3.63) is 23.8 Å². The van der Waals surface area contributed by atoms with Gasteiger partial charge in [-0.15, -0.1) is 0 Å². The molecule has 2 rings (SSSR count). The minimum Gasteiger partial charge on any atom is -0.382 e. The highest BCUT2D eigenvalue weighted by Gasteiger charge is 2.30. The van der Waals surface area contributed by atoms with Crippen molar-refractivity contribution in [2.45, 2.75) is 39.7 Å². The molecule has 1 fully saturated rings. The minimum atomic E-state index is 0.676. The predicted octanol–water partition coefficient (Wildman–Crippen LogP) is 3.91. The van der Waals surface area contributed by atoms with Gasteiger partial charge in [-0.25, -0.2) is 0 Å². The van der Waals surface area contributed by atoms with Crippen molar-refractivity contribution < 1.29 is 0 Å². The number of rotatable bonds is 4. The minimum absolute atomic E-state index is 0.676. The first-order chi connectivity index (χ1) is 8.47. The highest BCUT2D eigenvalue weighted by Crippen LogP contribution is 2.36. The third-order valence-corrected chi connectivity index (χ3v) is 4.18. The molecular weight excluding hydrogens is 220 g/mol. The molecule has 1 aliphatic carbocycles. The fourth-order valence-electron chi connectivity index (χ4n) is 2.74. The molecule has 0 amide bonds. The predicted molar refractivity (Wildman–Crippen MR) is 80.5 cm³/mol. The second-order valence-corrected chi connectivity index (χ2v) is 6.21. The summed E-state index contributed by atoms with van der Waals surface area (Å²) in [5, 5.41) is 3.66. The van der Waals surface area contributed by atoms with Gasteiger partial charge in [-0.2, -0.15) is 0 Å². The molecule has 0 unspecified atom stereocenters. The second-order valence-electron chi connectivity index (χ2n) is 6.21. The number of hydrogen-bond acceptors (Lipinski definition) is 2. The lowest BCUT2D eigenvalue weighted by molar-refractivity contribution is 0.212. The molecule has 1 aromatic carbocycles. The number of nitrogens with one attached hydrogen (secondary N) is 1. The van der Waals surface area contributed by atoms with Crippen LogP contribution in [0.25, 0.3) is 0 Å². The van der Waals surface area contributed by atoms with Crippen LogP contribution in [-0.4, -0.2) is 20.1 Å². The van der Waals surface area contributed by atoms with E-state index >= 15 is 0 Å². The van der Waals surface area contributed by atoms with Crippen molar-refractivity contribution in [3.8, 4) is 0 Å². The maximum Gasteiger partial charge on any atom is 0.0411 e. The lowest BCUT2D eigenvalue weighted by Gasteiger charge is -2.39. The van der Waals surface area contributed by atoms with Crippen molar-refractivity contribution in [2.75, 3.05) is 24.3 Å². The van der Waals surface area contributed by atoms with Gasteiger partial charge in [-0.3, -0.25) is 0 Å². The fraction of sp³-hybridized carbons (Fsp3) is 0.625. The van der Waals surface area contributed by atoms with Crippen molar-refractivity contribution in [3.63, 3.8) is 0 Å². The Balaban J connectivity index is 1.97. The molecule has 100 valence electrons. The summed E-state index contributed by atoms with van der Waals surface area (Å²) in [6.45, 7) is 6.82. The first-order valence-electron chi connectivity index (χ1n) is 7.02. The molecule has 1 aromatic rings. The smallest absolute Gasteiger partial charge is 0.0411 e. The van der Waals surface area contributed by atoms with Crippen LogP contribution < -0.4 is 10.2 Å². The van der Waals surface area contributed by atoms with E-state index in [1.807, 2.05) is 0 Å². The van der Waals surface area contributed by atoms with E-state index in [4.69, 9.17) is 0 Å². The van der Waals surface area contributed by atoms with Crippen molar-refractivity contribution in [2.24, 2.45) is 11.8 Å². The molecule has 1 saturated carbocycles. The van der Waals surface area contributed by atoms with Crippen molar-refractivity contribution >= 4 is 11.4 Å². The van der Waals surface area contributed by atoms with Crippen LogP contribution in [0.15, 0.2) is 18.2 Å². The zero-order valence-electron chi connectivity index (χ0n) is 12.3. The molecule has 0 heterocycles. The number of anilines is 2. The molecule has 0 spiro atoms. The summed E-state index contributed by atoms with van der Waals surface area (Å²) in [4.78, 5) is 2.18. The molecule has 0 atom stereocenters. The van der Waals surface area contributed by atoms with E-state index in [1.54, 1.807) is 0 Å². The van der Waals surface area contributed by atoms with Gasteiger partial charge >= 0.3 is 0 Å². The highest BCUT2D eigenvalue weighted by molar-refractivity contribution is 5.62. The Morgan fingerprint density at radius 3 is 2.44 bits per heavy atom. The number of nitrogens with zero attached hydrogens (tertiary/aromatic N) is 1. The number of benzene rings is 1. The first-order valence-corrected chi connectivity index (χ1v) is 7.02. The van der Waals surface area contributed by atoms with Crippen LogP contribution in [0.5, 0.6) is 0 Å². The Hall–Kier alpha value is -1.18. The maximum atomic E-state index is 3.66. The van der Waals surface area contributed by atoms with Crippen LogP contribution in [0.1, 0.15) is 32.3 Å². The van der Waals surface area contributed by atoms with Crippen LogP contribution in [0.3, 0.4) is 0 Å². The molecule has 18 heavy (non-hydrogen) atoms. The summed E-state index contributed by atoms with van der Waals surface area (Å²) in [5.41, 5.74) is 3.90. The zero-order valence-corrected chi connectivity index (χ0v) is 12.3. The zero-order chi connectivity index (χ0) is 13.3. The second kappa shape index (κ2) is 5.21. The molecule has 0 radical (unpaired) electrons. The SMILES string of the molecule is Cc1ccc(NC2CC(C(C)C)C2)cc1N(C)C. The van der Waals surface area contributed by atoms with Crippen LogP contribution in [-0.2, 0) is 0 Å². The van der Waals surface area contributed by atoms with Gasteiger partial charge in [0.05, 0.1) is 0 Å². The summed E-state index contributed by atoms with van der Waals surface area (Å²) < 4.78 is 0.